The first-order valence-corrected chi connectivity index (χ1v) is 11.6. The van der Waals surface area contributed by atoms with Crippen molar-refractivity contribution in [1.29, 1.82) is 0 Å². The number of thiazole rings is 1. The molecule has 138 valence electrons. The second kappa shape index (κ2) is 8.37. The molecule has 0 aliphatic carbocycles. The second-order valence-corrected chi connectivity index (χ2v) is 9.01. The van der Waals surface area contributed by atoms with Crippen molar-refractivity contribution in [3.8, 4) is 22.0 Å². The molecule has 3 heterocycles. The van der Waals surface area contributed by atoms with E-state index in [9.17, 15) is 0 Å². The summed E-state index contributed by atoms with van der Waals surface area (Å²) in [5.41, 5.74) is 3.40. The largest absolute Gasteiger partial charge is 0.305 e. The van der Waals surface area contributed by atoms with E-state index >= 15 is 0 Å². The second-order valence-electron chi connectivity index (χ2n) is 6.22. The van der Waals surface area contributed by atoms with Crippen LogP contribution in [0, 0.1) is 0 Å². The highest BCUT2D eigenvalue weighted by molar-refractivity contribution is 7.98. The Morgan fingerprint density at radius 3 is 2.70 bits per heavy atom. The fourth-order valence-electron chi connectivity index (χ4n) is 2.79. The molecule has 0 saturated carbocycles. The van der Waals surface area contributed by atoms with Crippen LogP contribution >= 0.6 is 34.4 Å². The minimum absolute atomic E-state index is 0.792. The van der Waals surface area contributed by atoms with Gasteiger partial charge in [-0.15, -0.1) is 32.9 Å². The van der Waals surface area contributed by atoms with Gasteiger partial charge in [0.25, 0.3) is 0 Å². The van der Waals surface area contributed by atoms with E-state index in [1.54, 1.807) is 34.4 Å². The van der Waals surface area contributed by atoms with E-state index in [4.69, 9.17) is 4.98 Å². The summed E-state index contributed by atoms with van der Waals surface area (Å²) in [6, 6.07) is 12.5. The van der Waals surface area contributed by atoms with Gasteiger partial charge in [-0.2, -0.15) is 0 Å². The zero-order valence-electron chi connectivity index (χ0n) is 15.3. The first kappa shape index (κ1) is 18.4. The minimum atomic E-state index is 0.792. The average Bonchev–Trinajstić information content (AvgIpc) is 3.41. The van der Waals surface area contributed by atoms with Crippen molar-refractivity contribution in [1.82, 2.24) is 19.7 Å². The van der Waals surface area contributed by atoms with Crippen LogP contribution < -0.4 is 0 Å². The molecule has 4 rings (SSSR count). The van der Waals surface area contributed by atoms with Crippen molar-refractivity contribution in [2.24, 2.45) is 7.05 Å². The summed E-state index contributed by atoms with van der Waals surface area (Å²) >= 11 is 5.16. The molecule has 3 aromatic heterocycles. The third kappa shape index (κ3) is 4.15. The number of thioether (sulfide) groups is 1. The molecule has 0 amide bonds. The lowest BCUT2D eigenvalue weighted by Crippen LogP contribution is -1.94. The molecular weight excluding hydrogens is 392 g/mol. The lowest BCUT2D eigenvalue weighted by molar-refractivity contribution is 0.793. The Kier molecular flexibility index (Phi) is 5.71. The molecule has 0 fully saturated rings. The van der Waals surface area contributed by atoms with E-state index in [-0.39, 0.29) is 0 Å². The normalized spacial score (nSPS) is 11.2. The van der Waals surface area contributed by atoms with Crippen LogP contribution in [0.1, 0.15) is 23.9 Å². The molecule has 7 heteroatoms. The summed E-state index contributed by atoms with van der Waals surface area (Å²) in [4.78, 5) is 6.16. The van der Waals surface area contributed by atoms with Gasteiger partial charge in [-0.1, -0.05) is 55.4 Å². The number of nitrogens with zero attached hydrogens (tertiary/aromatic N) is 4. The van der Waals surface area contributed by atoms with E-state index in [0.29, 0.717) is 0 Å². The Morgan fingerprint density at radius 1 is 1.04 bits per heavy atom. The van der Waals surface area contributed by atoms with E-state index < -0.39 is 0 Å². The van der Waals surface area contributed by atoms with Gasteiger partial charge in [0.05, 0.1) is 5.69 Å². The van der Waals surface area contributed by atoms with Crippen molar-refractivity contribution in [3.63, 3.8) is 0 Å². The van der Waals surface area contributed by atoms with Crippen molar-refractivity contribution in [3.05, 3.63) is 57.7 Å². The van der Waals surface area contributed by atoms with Crippen LogP contribution in [0.15, 0.2) is 52.3 Å². The van der Waals surface area contributed by atoms with E-state index in [2.05, 4.69) is 50.6 Å². The molecule has 0 atom stereocenters. The maximum atomic E-state index is 4.76. The highest BCUT2D eigenvalue weighted by Crippen LogP contribution is 2.30. The van der Waals surface area contributed by atoms with Crippen molar-refractivity contribution < 1.29 is 0 Å². The number of thiophene rings is 1. The van der Waals surface area contributed by atoms with Crippen molar-refractivity contribution in [2.75, 3.05) is 0 Å². The van der Waals surface area contributed by atoms with Gasteiger partial charge in [0.2, 0.25) is 0 Å². The molecule has 0 aliphatic heterocycles. The van der Waals surface area contributed by atoms with E-state index in [0.717, 1.165) is 39.4 Å². The molecule has 4 nitrogen and oxygen atoms in total. The maximum Gasteiger partial charge on any atom is 0.191 e. The van der Waals surface area contributed by atoms with Crippen LogP contribution in [0.4, 0.5) is 0 Å². The highest BCUT2D eigenvalue weighted by Gasteiger charge is 2.14. The molecule has 0 bridgehead atoms. The molecule has 0 saturated heterocycles. The van der Waals surface area contributed by atoms with Crippen LogP contribution in [0.2, 0.25) is 0 Å². The van der Waals surface area contributed by atoms with Gasteiger partial charge < -0.3 is 4.57 Å². The zero-order valence-corrected chi connectivity index (χ0v) is 17.7. The van der Waals surface area contributed by atoms with Gasteiger partial charge in [-0.3, -0.25) is 0 Å². The smallest absolute Gasteiger partial charge is 0.191 e. The molecular formula is C20H20N4S3. The van der Waals surface area contributed by atoms with Crippen LogP contribution in [0.3, 0.4) is 0 Å². The van der Waals surface area contributed by atoms with Gasteiger partial charge in [0, 0.05) is 39.6 Å². The monoisotopic (exact) mass is 412 g/mol. The van der Waals surface area contributed by atoms with Crippen LogP contribution in [-0.4, -0.2) is 19.7 Å². The molecule has 0 radical (unpaired) electrons. The Morgan fingerprint density at radius 2 is 1.89 bits per heavy atom. The predicted molar refractivity (Wildman–Crippen MR) is 115 cm³/mol. The van der Waals surface area contributed by atoms with Gasteiger partial charge in [0.1, 0.15) is 5.01 Å². The summed E-state index contributed by atoms with van der Waals surface area (Å²) < 4.78 is 2.08. The van der Waals surface area contributed by atoms with Gasteiger partial charge in [0.15, 0.2) is 11.0 Å². The van der Waals surface area contributed by atoms with E-state index in [1.165, 1.54) is 16.9 Å². The topological polar surface area (TPSA) is 43.6 Å². The number of aryl methyl sites for hydroxylation is 1. The van der Waals surface area contributed by atoms with Gasteiger partial charge in [-0.05, 0) is 12.5 Å². The Bertz CT molecular complexity index is 1020. The SMILES string of the molecule is CCCc1cc(-c2nnc(SCc3csc(-c4ccccc4)n3)n2C)cs1. The van der Waals surface area contributed by atoms with Crippen molar-refractivity contribution >= 4 is 34.4 Å². The summed E-state index contributed by atoms with van der Waals surface area (Å²) in [6.07, 6.45) is 2.29. The molecule has 0 aliphatic rings. The quantitative estimate of drug-likeness (QED) is 0.354. The first-order valence-electron chi connectivity index (χ1n) is 8.84. The van der Waals surface area contributed by atoms with Gasteiger partial charge in [-0.25, -0.2) is 4.98 Å². The standard InChI is InChI=1S/C20H20N4S3/c1-3-7-17-10-15(11-25-17)18-22-23-20(24(18)2)27-13-16-12-26-19(21-16)14-8-5-4-6-9-14/h4-6,8-12H,3,7,13H2,1-2H3. The number of rotatable bonds is 7. The van der Waals surface area contributed by atoms with Crippen LogP contribution in [-0.2, 0) is 19.2 Å². The molecule has 1 aromatic carbocycles. The number of aromatic nitrogens is 4. The van der Waals surface area contributed by atoms with Crippen LogP contribution in [0.5, 0.6) is 0 Å². The predicted octanol–water partition coefficient (Wildman–Crippen LogP) is 5.91. The molecule has 27 heavy (non-hydrogen) atoms. The third-order valence-corrected chi connectivity index (χ3v) is 7.16. The zero-order chi connectivity index (χ0) is 18.6. The summed E-state index contributed by atoms with van der Waals surface area (Å²) in [5.74, 6) is 1.72. The number of benzene rings is 1. The molecule has 0 spiro atoms. The maximum absolute atomic E-state index is 4.76. The third-order valence-electron chi connectivity index (χ3n) is 4.16. The minimum Gasteiger partial charge on any atom is -0.305 e. The average molecular weight is 413 g/mol. The Hall–Kier alpha value is -1.96. The fraction of sp³-hybridized carbons (Fsp3) is 0.250. The van der Waals surface area contributed by atoms with Crippen molar-refractivity contribution in [2.45, 2.75) is 30.7 Å². The van der Waals surface area contributed by atoms with Crippen LogP contribution in [0.25, 0.3) is 22.0 Å². The molecule has 0 N–H and O–H groups in total. The number of hydrogen-bond acceptors (Lipinski definition) is 6. The lowest BCUT2D eigenvalue weighted by atomic mass is 10.2. The summed E-state index contributed by atoms with van der Waals surface area (Å²) in [6.45, 7) is 2.21. The molecule has 0 unspecified atom stereocenters. The lowest BCUT2D eigenvalue weighted by Gasteiger charge is -2.01. The Labute approximate surface area is 171 Å². The summed E-state index contributed by atoms with van der Waals surface area (Å²) in [7, 11) is 2.03. The highest BCUT2D eigenvalue weighted by atomic mass is 32.2. The van der Waals surface area contributed by atoms with E-state index in [1.807, 2.05) is 25.2 Å². The first-order chi connectivity index (χ1) is 13.2. The van der Waals surface area contributed by atoms with Gasteiger partial charge >= 0.3 is 0 Å². The molecule has 4 aromatic rings. The summed E-state index contributed by atoms with van der Waals surface area (Å²) in [5, 5.41) is 15.1. The fourth-order valence-corrected chi connectivity index (χ4v) is 5.50. The Balaban J connectivity index is 1.45. The number of hydrogen-bond donors (Lipinski definition) is 0.